The molecule has 0 unspecified atom stereocenters. The topological polar surface area (TPSA) is 58.8 Å². The zero-order valence-electron chi connectivity index (χ0n) is 14.7. The Labute approximate surface area is 171 Å². The number of ether oxygens (including phenoxy) is 1. The molecule has 138 valence electrons. The third-order valence-electron chi connectivity index (χ3n) is 3.40. The number of rotatable bonds is 9. The number of thioether (sulfide) groups is 1. The lowest BCUT2D eigenvalue weighted by Gasteiger charge is -2.12. The fourth-order valence-electron chi connectivity index (χ4n) is 2.15. The fraction of sp³-hybridized carbons (Fsp3) is 0.389. The van der Waals surface area contributed by atoms with Crippen LogP contribution in [-0.2, 0) is 13.0 Å². The number of methoxy groups -OCH3 is 1. The lowest BCUT2D eigenvalue weighted by molar-refractivity contribution is 0.414. The average molecular weight is 475 g/mol. The highest BCUT2D eigenvalue weighted by Crippen LogP contribution is 2.13. The Bertz CT molecular complexity index is 621. The summed E-state index contributed by atoms with van der Waals surface area (Å²) in [4.78, 5) is 4.66. The first kappa shape index (κ1) is 21.7. The summed E-state index contributed by atoms with van der Waals surface area (Å²) in [7, 11) is 1.67. The molecule has 2 N–H and O–H groups in total. The van der Waals surface area contributed by atoms with Gasteiger partial charge in [0.15, 0.2) is 5.96 Å². The van der Waals surface area contributed by atoms with Crippen molar-refractivity contribution in [3.8, 4) is 5.75 Å². The maximum atomic E-state index is 5.35. The van der Waals surface area contributed by atoms with Crippen molar-refractivity contribution in [2.75, 3.05) is 32.2 Å². The summed E-state index contributed by atoms with van der Waals surface area (Å²) in [6, 6.07) is 11.9. The first-order chi connectivity index (χ1) is 11.8. The average Bonchev–Trinajstić information content (AvgIpc) is 3.13. The SMILES string of the molecule is COc1cccc(CN=C(NCCSC)NCCc2ccco2)c1.I. The number of hydrogen-bond donors (Lipinski definition) is 2. The molecular formula is C18H26IN3O2S. The molecule has 1 aromatic heterocycles. The molecule has 2 rings (SSSR count). The molecule has 1 aromatic carbocycles. The van der Waals surface area contributed by atoms with Crippen LogP contribution in [0, 0.1) is 0 Å². The number of halogens is 1. The van der Waals surface area contributed by atoms with E-state index >= 15 is 0 Å². The lowest BCUT2D eigenvalue weighted by Crippen LogP contribution is -2.39. The van der Waals surface area contributed by atoms with Crippen molar-refractivity contribution >= 4 is 41.7 Å². The summed E-state index contributed by atoms with van der Waals surface area (Å²) in [6.07, 6.45) is 4.62. The van der Waals surface area contributed by atoms with Gasteiger partial charge in [0.25, 0.3) is 0 Å². The summed E-state index contributed by atoms with van der Waals surface area (Å²) in [6.45, 7) is 2.26. The molecule has 0 saturated carbocycles. The largest absolute Gasteiger partial charge is 0.497 e. The Morgan fingerprint density at radius 1 is 1.20 bits per heavy atom. The van der Waals surface area contributed by atoms with Gasteiger partial charge in [-0.3, -0.25) is 0 Å². The van der Waals surface area contributed by atoms with Crippen molar-refractivity contribution < 1.29 is 9.15 Å². The molecule has 0 amide bonds. The van der Waals surface area contributed by atoms with E-state index < -0.39 is 0 Å². The van der Waals surface area contributed by atoms with Crippen LogP contribution in [0.15, 0.2) is 52.1 Å². The predicted octanol–water partition coefficient (Wildman–Crippen LogP) is 3.55. The van der Waals surface area contributed by atoms with Gasteiger partial charge >= 0.3 is 0 Å². The second-order valence-electron chi connectivity index (χ2n) is 5.19. The number of furan rings is 1. The summed E-state index contributed by atoms with van der Waals surface area (Å²) in [5, 5.41) is 6.71. The molecular weight excluding hydrogens is 449 g/mol. The standard InChI is InChI=1S/C18H25N3O2S.HI/c1-22-17-6-3-5-15(13-17)14-21-18(20-10-12-24-2)19-9-8-16-7-4-11-23-16;/h3-7,11,13H,8-10,12,14H2,1-2H3,(H2,19,20,21);1H. The van der Waals surface area contributed by atoms with Gasteiger partial charge in [0.05, 0.1) is 19.9 Å². The van der Waals surface area contributed by atoms with Crippen LogP contribution in [0.4, 0.5) is 0 Å². The molecule has 0 bridgehead atoms. The highest BCUT2D eigenvalue weighted by molar-refractivity contribution is 14.0. The molecule has 0 saturated heterocycles. The number of nitrogens with zero attached hydrogens (tertiary/aromatic N) is 1. The van der Waals surface area contributed by atoms with Crippen LogP contribution in [-0.4, -0.2) is 38.2 Å². The van der Waals surface area contributed by atoms with Gasteiger partial charge in [-0.1, -0.05) is 12.1 Å². The van der Waals surface area contributed by atoms with Crippen LogP contribution in [0.5, 0.6) is 5.75 Å². The molecule has 5 nitrogen and oxygen atoms in total. The maximum Gasteiger partial charge on any atom is 0.191 e. The fourth-order valence-corrected chi connectivity index (χ4v) is 2.45. The number of hydrogen-bond acceptors (Lipinski definition) is 4. The van der Waals surface area contributed by atoms with Crippen molar-refractivity contribution in [1.82, 2.24) is 10.6 Å². The van der Waals surface area contributed by atoms with E-state index in [4.69, 9.17) is 9.15 Å². The minimum absolute atomic E-state index is 0. The summed E-state index contributed by atoms with van der Waals surface area (Å²) in [5.41, 5.74) is 1.12. The summed E-state index contributed by atoms with van der Waals surface area (Å²) >= 11 is 1.81. The molecule has 1 heterocycles. The molecule has 0 atom stereocenters. The summed E-state index contributed by atoms with van der Waals surface area (Å²) in [5.74, 6) is 3.68. The van der Waals surface area contributed by atoms with Crippen LogP contribution >= 0.6 is 35.7 Å². The van der Waals surface area contributed by atoms with Crippen molar-refractivity contribution in [1.29, 1.82) is 0 Å². The van der Waals surface area contributed by atoms with Crippen molar-refractivity contribution in [2.45, 2.75) is 13.0 Å². The van der Waals surface area contributed by atoms with Gasteiger partial charge in [-0.2, -0.15) is 11.8 Å². The van der Waals surface area contributed by atoms with E-state index in [2.05, 4.69) is 21.9 Å². The molecule has 0 radical (unpaired) electrons. The first-order valence-corrected chi connectivity index (χ1v) is 9.37. The van der Waals surface area contributed by atoms with E-state index in [1.165, 1.54) is 0 Å². The zero-order chi connectivity index (χ0) is 17.0. The molecule has 0 aliphatic carbocycles. The molecule has 2 aromatic rings. The number of guanidine groups is 1. The molecule has 0 fully saturated rings. The van der Waals surface area contributed by atoms with Gasteiger partial charge in [-0.25, -0.2) is 4.99 Å². The normalized spacial score (nSPS) is 10.9. The Kier molecular flexibility index (Phi) is 11.2. The van der Waals surface area contributed by atoms with E-state index in [1.807, 2.05) is 48.2 Å². The Balaban J connectivity index is 0.00000312. The third kappa shape index (κ3) is 8.53. The van der Waals surface area contributed by atoms with Crippen molar-refractivity contribution in [3.63, 3.8) is 0 Å². The molecule has 0 spiro atoms. The van der Waals surface area contributed by atoms with Gasteiger partial charge in [-0.05, 0) is 36.1 Å². The van der Waals surface area contributed by atoms with E-state index in [0.717, 1.165) is 48.3 Å². The third-order valence-corrected chi connectivity index (χ3v) is 4.01. The van der Waals surface area contributed by atoms with Crippen LogP contribution in [0.1, 0.15) is 11.3 Å². The second-order valence-corrected chi connectivity index (χ2v) is 6.18. The van der Waals surface area contributed by atoms with E-state index in [9.17, 15) is 0 Å². The number of aliphatic imine (C=N–C) groups is 1. The smallest absolute Gasteiger partial charge is 0.191 e. The van der Waals surface area contributed by atoms with Gasteiger partial charge in [0.1, 0.15) is 11.5 Å². The van der Waals surface area contributed by atoms with E-state index in [1.54, 1.807) is 13.4 Å². The number of benzene rings is 1. The van der Waals surface area contributed by atoms with Crippen molar-refractivity contribution in [2.24, 2.45) is 4.99 Å². The second kappa shape index (κ2) is 12.9. The van der Waals surface area contributed by atoms with Crippen molar-refractivity contribution in [3.05, 3.63) is 54.0 Å². The van der Waals surface area contributed by atoms with E-state index in [-0.39, 0.29) is 24.0 Å². The van der Waals surface area contributed by atoms with Gasteiger partial charge < -0.3 is 19.8 Å². The highest BCUT2D eigenvalue weighted by atomic mass is 127. The van der Waals surface area contributed by atoms with Gasteiger partial charge in [-0.15, -0.1) is 24.0 Å². The molecule has 0 aliphatic heterocycles. The van der Waals surface area contributed by atoms with Crippen LogP contribution in [0.3, 0.4) is 0 Å². The molecule has 25 heavy (non-hydrogen) atoms. The monoisotopic (exact) mass is 475 g/mol. The van der Waals surface area contributed by atoms with Gasteiger partial charge in [0.2, 0.25) is 0 Å². The zero-order valence-corrected chi connectivity index (χ0v) is 17.8. The Morgan fingerprint density at radius 3 is 2.76 bits per heavy atom. The first-order valence-electron chi connectivity index (χ1n) is 7.98. The van der Waals surface area contributed by atoms with Gasteiger partial charge in [0, 0.05) is 25.3 Å². The lowest BCUT2D eigenvalue weighted by atomic mass is 10.2. The van der Waals surface area contributed by atoms with Crippen LogP contribution in [0.25, 0.3) is 0 Å². The maximum absolute atomic E-state index is 5.35. The minimum atomic E-state index is 0. The summed E-state index contributed by atoms with van der Waals surface area (Å²) < 4.78 is 10.6. The molecule has 7 heteroatoms. The van der Waals surface area contributed by atoms with E-state index in [0.29, 0.717) is 6.54 Å². The number of nitrogens with one attached hydrogen (secondary N) is 2. The molecule has 0 aliphatic rings. The minimum Gasteiger partial charge on any atom is -0.497 e. The van der Waals surface area contributed by atoms with Crippen LogP contribution < -0.4 is 15.4 Å². The predicted molar refractivity (Wildman–Crippen MR) is 116 cm³/mol. The van der Waals surface area contributed by atoms with Crippen LogP contribution in [0.2, 0.25) is 0 Å². The Hall–Kier alpha value is -1.35. The Morgan fingerprint density at radius 2 is 2.04 bits per heavy atom. The highest BCUT2D eigenvalue weighted by Gasteiger charge is 2.01. The quantitative estimate of drug-likeness (QED) is 0.252.